The summed E-state index contributed by atoms with van der Waals surface area (Å²) in [7, 11) is 0. The van der Waals surface area contributed by atoms with Crippen LogP contribution in [0.3, 0.4) is 0 Å². The minimum absolute atomic E-state index is 0.313. The SMILES string of the molecule is N#CC1(C#N)CC1(C#N)c1ccccc1. The second-order valence-corrected chi connectivity index (χ2v) is 3.69. The summed E-state index contributed by atoms with van der Waals surface area (Å²) in [4.78, 5) is 0. The molecule has 1 aromatic carbocycles. The lowest BCUT2D eigenvalue weighted by molar-refractivity contribution is 0.742. The molecule has 1 atom stereocenters. The van der Waals surface area contributed by atoms with Crippen molar-refractivity contribution in [3.8, 4) is 18.2 Å². The van der Waals surface area contributed by atoms with E-state index in [1.165, 1.54) is 0 Å². The lowest BCUT2D eigenvalue weighted by atomic mass is 9.89. The maximum absolute atomic E-state index is 9.16. The Morgan fingerprint density at radius 2 is 1.53 bits per heavy atom. The second kappa shape index (κ2) is 2.84. The summed E-state index contributed by atoms with van der Waals surface area (Å²) in [5.41, 5.74) is -1.31. The zero-order valence-corrected chi connectivity index (χ0v) is 7.94. The van der Waals surface area contributed by atoms with Crippen LogP contribution in [0.2, 0.25) is 0 Å². The normalized spacial score (nSPS) is 25.7. The van der Waals surface area contributed by atoms with Gasteiger partial charge in [-0.2, -0.15) is 15.8 Å². The molecular weight excluding hydrogens is 186 g/mol. The van der Waals surface area contributed by atoms with Crippen LogP contribution in [-0.2, 0) is 5.41 Å². The third-order valence-electron chi connectivity index (χ3n) is 2.97. The van der Waals surface area contributed by atoms with Crippen molar-refractivity contribution in [2.24, 2.45) is 5.41 Å². The van der Waals surface area contributed by atoms with Crippen LogP contribution >= 0.6 is 0 Å². The first-order valence-corrected chi connectivity index (χ1v) is 4.54. The molecule has 3 nitrogen and oxygen atoms in total. The highest BCUT2D eigenvalue weighted by molar-refractivity contribution is 5.54. The van der Waals surface area contributed by atoms with Gasteiger partial charge in [-0.25, -0.2) is 0 Å². The zero-order valence-electron chi connectivity index (χ0n) is 7.94. The Morgan fingerprint density at radius 3 is 1.93 bits per heavy atom. The fourth-order valence-electron chi connectivity index (χ4n) is 1.92. The van der Waals surface area contributed by atoms with Gasteiger partial charge in [0.05, 0.1) is 18.2 Å². The predicted molar refractivity (Wildman–Crippen MR) is 52.0 cm³/mol. The van der Waals surface area contributed by atoms with Crippen molar-refractivity contribution in [2.75, 3.05) is 0 Å². The smallest absolute Gasteiger partial charge is 0.168 e. The third-order valence-corrected chi connectivity index (χ3v) is 2.97. The summed E-state index contributed by atoms with van der Waals surface area (Å²) in [6.45, 7) is 0. The number of rotatable bonds is 1. The van der Waals surface area contributed by atoms with Crippen LogP contribution in [0.4, 0.5) is 0 Å². The van der Waals surface area contributed by atoms with Gasteiger partial charge in [0.2, 0.25) is 0 Å². The molecule has 1 aliphatic rings. The van der Waals surface area contributed by atoms with E-state index in [1.54, 1.807) is 12.1 Å². The average Bonchev–Trinajstić information content (AvgIpc) is 3.01. The maximum Gasteiger partial charge on any atom is 0.168 e. The monoisotopic (exact) mass is 193 g/mol. The van der Waals surface area contributed by atoms with Crippen molar-refractivity contribution in [1.82, 2.24) is 0 Å². The van der Waals surface area contributed by atoms with E-state index in [0.29, 0.717) is 6.42 Å². The molecule has 0 heterocycles. The van der Waals surface area contributed by atoms with Gasteiger partial charge in [0.1, 0.15) is 5.41 Å². The Labute approximate surface area is 87.8 Å². The molecule has 70 valence electrons. The van der Waals surface area contributed by atoms with Gasteiger partial charge < -0.3 is 0 Å². The fourth-order valence-corrected chi connectivity index (χ4v) is 1.92. The standard InChI is InChI=1S/C12H7N3/c13-7-11(8-14)6-12(11,9-15)10-4-2-1-3-5-10/h1-5H,6H2. The third kappa shape index (κ3) is 0.967. The van der Waals surface area contributed by atoms with Gasteiger partial charge >= 0.3 is 0 Å². The minimum atomic E-state index is -1.15. The van der Waals surface area contributed by atoms with Gasteiger partial charge in [0.15, 0.2) is 5.41 Å². The Morgan fingerprint density at radius 1 is 0.933 bits per heavy atom. The summed E-state index contributed by atoms with van der Waals surface area (Å²) in [5.74, 6) is 0. The van der Waals surface area contributed by atoms with Crippen molar-refractivity contribution < 1.29 is 0 Å². The molecule has 0 saturated heterocycles. The quantitative estimate of drug-likeness (QED) is 0.683. The van der Waals surface area contributed by atoms with Gasteiger partial charge in [-0.3, -0.25) is 0 Å². The summed E-state index contributed by atoms with van der Waals surface area (Å²) >= 11 is 0. The van der Waals surface area contributed by atoms with Crippen LogP contribution in [-0.4, -0.2) is 0 Å². The van der Waals surface area contributed by atoms with E-state index < -0.39 is 10.8 Å². The molecule has 3 heteroatoms. The van der Waals surface area contributed by atoms with Crippen molar-refractivity contribution in [2.45, 2.75) is 11.8 Å². The molecule has 0 bridgehead atoms. The van der Waals surface area contributed by atoms with Crippen molar-refractivity contribution in [3.05, 3.63) is 35.9 Å². The highest BCUT2D eigenvalue weighted by atomic mass is 14.7. The Balaban J connectivity index is 2.53. The van der Waals surface area contributed by atoms with Gasteiger partial charge in [0, 0.05) is 6.42 Å². The molecule has 0 spiro atoms. The van der Waals surface area contributed by atoms with Crippen LogP contribution < -0.4 is 0 Å². The highest BCUT2D eigenvalue weighted by Crippen LogP contribution is 2.63. The summed E-state index contributed by atoms with van der Waals surface area (Å²) in [6, 6.07) is 15.1. The highest BCUT2D eigenvalue weighted by Gasteiger charge is 2.71. The molecule has 1 unspecified atom stereocenters. The van der Waals surface area contributed by atoms with Gasteiger partial charge in [0.25, 0.3) is 0 Å². The minimum Gasteiger partial charge on any atom is -0.197 e. The molecule has 0 aliphatic heterocycles. The number of nitrogens with zero attached hydrogens (tertiary/aromatic N) is 3. The van der Waals surface area contributed by atoms with Crippen LogP contribution in [0.25, 0.3) is 0 Å². The average molecular weight is 193 g/mol. The van der Waals surface area contributed by atoms with Crippen LogP contribution in [0.15, 0.2) is 30.3 Å². The molecule has 1 aliphatic carbocycles. The number of hydrogen-bond donors (Lipinski definition) is 0. The van der Waals surface area contributed by atoms with Gasteiger partial charge in [-0.15, -0.1) is 0 Å². The Hall–Kier alpha value is -2.31. The number of hydrogen-bond acceptors (Lipinski definition) is 3. The van der Waals surface area contributed by atoms with E-state index in [9.17, 15) is 0 Å². The van der Waals surface area contributed by atoms with Gasteiger partial charge in [-0.05, 0) is 5.56 Å². The molecule has 1 aromatic rings. The van der Waals surface area contributed by atoms with Crippen LogP contribution in [0, 0.1) is 39.4 Å². The first kappa shape index (κ1) is 9.25. The Bertz CT molecular complexity index is 499. The molecule has 0 radical (unpaired) electrons. The first-order valence-electron chi connectivity index (χ1n) is 4.54. The molecule has 15 heavy (non-hydrogen) atoms. The van der Waals surface area contributed by atoms with E-state index in [2.05, 4.69) is 6.07 Å². The van der Waals surface area contributed by atoms with E-state index >= 15 is 0 Å². The van der Waals surface area contributed by atoms with Crippen molar-refractivity contribution >= 4 is 0 Å². The van der Waals surface area contributed by atoms with Crippen LogP contribution in [0.1, 0.15) is 12.0 Å². The zero-order chi connectivity index (χ0) is 10.9. The lowest BCUT2D eigenvalue weighted by Crippen LogP contribution is -2.13. The predicted octanol–water partition coefficient (Wildman–Crippen LogP) is 1.89. The number of benzene rings is 1. The largest absolute Gasteiger partial charge is 0.197 e. The van der Waals surface area contributed by atoms with E-state index in [0.717, 1.165) is 5.56 Å². The van der Waals surface area contributed by atoms with Crippen molar-refractivity contribution in [3.63, 3.8) is 0 Å². The maximum atomic E-state index is 9.16. The number of nitriles is 3. The van der Waals surface area contributed by atoms with E-state index in [1.807, 2.05) is 30.3 Å². The second-order valence-electron chi connectivity index (χ2n) is 3.69. The Kier molecular flexibility index (Phi) is 1.75. The molecule has 0 aromatic heterocycles. The first-order chi connectivity index (χ1) is 7.24. The van der Waals surface area contributed by atoms with Crippen LogP contribution in [0.5, 0.6) is 0 Å². The van der Waals surface area contributed by atoms with Gasteiger partial charge in [-0.1, -0.05) is 30.3 Å². The summed E-state index contributed by atoms with van der Waals surface area (Å²) < 4.78 is 0. The molecular formula is C12H7N3. The molecule has 2 rings (SSSR count). The fraction of sp³-hybridized carbons (Fsp3) is 0.250. The lowest BCUT2D eigenvalue weighted by Gasteiger charge is -2.07. The van der Waals surface area contributed by atoms with E-state index in [4.69, 9.17) is 15.8 Å². The molecule has 0 N–H and O–H groups in total. The summed E-state index contributed by atoms with van der Waals surface area (Å²) in [6.07, 6.45) is 0.313. The topological polar surface area (TPSA) is 71.4 Å². The molecule has 1 fully saturated rings. The van der Waals surface area contributed by atoms with Crippen molar-refractivity contribution in [1.29, 1.82) is 15.8 Å². The summed E-state index contributed by atoms with van der Waals surface area (Å²) in [5, 5.41) is 27.1. The molecule has 1 saturated carbocycles. The molecule has 0 amide bonds. The van der Waals surface area contributed by atoms with E-state index in [-0.39, 0.29) is 0 Å².